The molecule has 5 rings (SSSR count). The number of hydrogen-bond donors (Lipinski definition) is 1. The Kier molecular flexibility index (Phi) is 5.38. The summed E-state index contributed by atoms with van der Waals surface area (Å²) in [7, 11) is 0. The highest BCUT2D eigenvalue weighted by atomic mass is 15.3. The van der Waals surface area contributed by atoms with E-state index in [2.05, 4.69) is 71.8 Å². The van der Waals surface area contributed by atoms with Crippen molar-refractivity contribution in [3.63, 3.8) is 0 Å². The summed E-state index contributed by atoms with van der Waals surface area (Å²) in [6, 6.07) is 24.9. The number of aryl methyl sites for hydroxylation is 2. The quantitative estimate of drug-likeness (QED) is 0.389. The van der Waals surface area contributed by atoms with Gasteiger partial charge in [0, 0.05) is 42.2 Å². The van der Waals surface area contributed by atoms with Crippen molar-refractivity contribution in [1.82, 2.24) is 19.6 Å². The van der Waals surface area contributed by atoms with Crippen LogP contribution >= 0.6 is 0 Å². The van der Waals surface area contributed by atoms with Crippen LogP contribution < -0.4 is 5.32 Å². The fourth-order valence-corrected chi connectivity index (χ4v) is 4.12. The Morgan fingerprint density at radius 3 is 2.25 bits per heavy atom. The SMILES string of the molecule is Cc1nc2c(-c3ccccc3)c(C)nn2c(NCc2cccnc2)c1Cc1ccccc1. The Bertz CT molecular complexity index is 1340. The Balaban J connectivity index is 1.67. The zero-order valence-corrected chi connectivity index (χ0v) is 18.3. The van der Waals surface area contributed by atoms with Crippen molar-refractivity contribution in [3.8, 4) is 11.1 Å². The van der Waals surface area contributed by atoms with Crippen LogP contribution in [0.2, 0.25) is 0 Å². The summed E-state index contributed by atoms with van der Waals surface area (Å²) in [5.41, 5.74) is 8.55. The molecular formula is C27H25N5. The van der Waals surface area contributed by atoms with Crippen molar-refractivity contribution in [2.45, 2.75) is 26.8 Å². The minimum Gasteiger partial charge on any atom is -0.366 e. The van der Waals surface area contributed by atoms with Crippen molar-refractivity contribution < 1.29 is 0 Å². The second-order valence-corrected chi connectivity index (χ2v) is 7.96. The monoisotopic (exact) mass is 419 g/mol. The van der Waals surface area contributed by atoms with Crippen LogP contribution in [0, 0.1) is 13.8 Å². The lowest BCUT2D eigenvalue weighted by Gasteiger charge is -2.16. The summed E-state index contributed by atoms with van der Waals surface area (Å²) in [6.07, 6.45) is 4.46. The van der Waals surface area contributed by atoms with Gasteiger partial charge in [-0.1, -0.05) is 66.7 Å². The molecule has 0 radical (unpaired) electrons. The Morgan fingerprint density at radius 1 is 0.812 bits per heavy atom. The van der Waals surface area contributed by atoms with E-state index in [1.807, 2.05) is 35.8 Å². The third kappa shape index (κ3) is 3.85. The molecule has 158 valence electrons. The summed E-state index contributed by atoms with van der Waals surface area (Å²) in [5.74, 6) is 0.977. The number of pyridine rings is 1. The van der Waals surface area contributed by atoms with E-state index in [0.29, 0.717) is 6.54 Å². The molecule has 5 aromatic rings. The van der Waals surface area contributed by atoms with Crippen LogP contribution in [-0.2, 0) is 13.0 Å². The van der Waals surface area contributed by atoms with Gasteiger partial charge in [-0.25, -0.2) is 4.98 Å². The van der Waals surface area contributed by atoms with Crippen molar-refractivity contribution in [3.05, 3.63) is 113 Å². The fourth-order valence-electron chi connectivity index (χ4n) is 4.12. The van der Waals surface area contributed by atoms with Crippen LogP contribution in [0.5, 0.6) is 0 Å². The molecule has 0 saturated carbocycles. The predicted octanol–water partition coefficient (Wildman–Crippen LogP) is 5.61. The summed E-state index contributed by atoms with van der Waals surface area (Å²) in [4.78, 5) is 9.28. The number of benzene rings is 2. The van der Waals surface area contributed by atoms with E-state index >= 15 is 0 Å². The smallest absolute Gasteiger partial charge is 0.165 e. The summed E-state index contributed by atoms with van der Waals surface area (Å²) >= 11 is 0. The zero-order valence-electron chi connectivity index (χ0n) is 18.3. The van der Waals surface area contributed by atoms with Gasteiger partial charge in [-0.15, -0.1) is 0 Å². The Labute approximate surface area is 187 Å². The number of fused-ring (bicyclic) bond motifs is 1. The molecule has 1 N–H and O–H groups in total. The lowest BCUT2D eigenvalue weighted by Crippen LogP contribution is -2.12. The molecule has 2 aromatic carbocycles. The molecule has 0 atom stereocenters. The van der Waals surface area contributed by atoms with E-state index in [1.54, 1.807) is 6.20 Å². The van der Waals surface area contributed by atoms with E-state index in [1.165, 1.54) is 5.56 Å². The van der Waals surface area contributed by atoms with Gasteiger partial charge in [0.05, 0.1) is 5.69 Å². The average Bonchev–Trinajstić information content (AvgIpc) is 3.16. The molecule has 0 aliphatic heterocycles. The van der Waals surface area contributed by atoms with Crippen LogP contribution in [0.1, 0.15) is 28.1 Å². The highest BCUT2D eigenvalue weighted by Gasteiger charge is 2.20. The molecule has 0 bridgehead atoms. The molecule has 0 spiro atoms. The molecule has 0 aliphatic carbocycles. The summed E-state index contributed by atoms with van der Waals surface area (Å²) < 4.78 is 1.97. The second-order valence-electron chi connectivity index (χ2n) is 7.96. The first-order valence-corrected chi connectivity index (χ1v) is 10.8. The van der Waals surface area contributed by atoms with E-state index in [0.717, 1.165) is 51.5 Å². The lowest BCUT2D eigenvalue weighted by molar-refractivity contribution is 0.878. The van der Waals surface area contributed by atoms with Crippen LogP contribution in [0.15, 0.2) is 85.2 Å². The summed E-state index contributed by atoms with van der Waals surface area (Å²) in [6.45, 7) is 4.80. The van der Waals surface area contributed by atoms with Crippen LogP contribution in [0.25, 0.3) is 16.8 Å². The van der Waals surface area contributed by atoms with Crippen LogP contribution in [-0.4, -0.2) is 19.6 Å². The maximum absolute atomic E-state index is 5.03. The van der Waals surface area contributed by atoms with E-state index in [4.69, 9.17) is 10.1 Å². The number of nitrogens with one attached hydrogen (secondary N) is 1. The van der Waals surface area contributed by atoms with E-state index in [-0.39, 0.29) is 0 Å². The Morgan fingerprint density at radius 2 is 1.53 bits per heavy atom. The normalized spacial score (nSPS) is 11.1. The van der Waals surface area contributed by atoms with Gasteiger partial charge < -0.3 is 5.32 Å². The number of hydrogen-bond acceptors (Lipinski definition) is 4. The predicted molar refractivity (Wildman–Crippen MR) is 129 cm³/mol. The van der Waals surface area contributed by atoms with Gasteiger partial charge in [-0.3, -0.25) is 4.98 Å². The highest BCUT2D eigenvalue weighted by Crippen LogP contribution is 2.32. The molecule has 3 heterocycles. The molecule has 32 heavy (non-hydrogen) atoms. The highest BCUT2D eigenvalue weighted by molar-refractivity contribution is 5.81. The molecule has 3 aromatic heterocycles. The van der Waals surface area contributed by atoms with Crippen molar-refractivity contribution in [1.29, 1.82) is 0 Å². The minimum atomic E-state index is 0.660. The molecule has 5 nitrogen and oxygen atoms in total. The summed E-state index contributed by atoms with van der Waals surface area (Å²) in [5, 5.41) is 8.57. The average molecular weight is 420 g/mol. The fraction of sp³-hybridized carbons (Fsp3) is 0.148. The third-order valence-corrected chi connectivity index (χ3v) is 5.71. The lowest BCUT2D eigenvalue weighted by atomic mass is 10.0. The van der Waals surface area contributed by atoms with Gasteiger partial charge in [0.15, 0.2) is 5.65 Å². The number of anilines is 1. The minimum absolute atomic E-state index is 0.660. The molecule has 0 aliphatic rings. The van der Waals surface area contributed by atoms with Gasteiger partial charge >= 0.3 is 0 Å². The first kappa shape index (κ1) is 19.9. The van der Waals surface area contributed by atoms with Gasteiger partial charge in [0.2, 0.25) is 0 Å². The first-order valence-electron chi connectivity index (χ1n) is 10.8. The van der Waals surface area contributed by atoms with Crippen molar-refractivity contribution in [2.75, 3.05) is 5.32 Å². The Hall–Kier alpha value is -3.99. The number of aromatic nitrogens is 4. The standard InChI is InChI=1S/C27H25N5/c1-19-24(16-21-10-5-3-6-11-21)26(29-18-22-12-9-15-28-17-22)32-27(30-19)25(20(2)31-32)23-13-7-4-8-14-23/h3-15,17,29H,16,18H2,1-2H3. The molecule has 0 amide bonds. The zero-order chi connectivity index (χ0) is 21.9. The van der Waals surface area contributed by atoms with Gasteiger partial charge in [0.1, 0.15) is 5.82 Å². The molecular weight excluding hydrogens is 394 g/mol. The van der Waals surface area contributed by atoms with Crippen molar-refractivity contribution in [2.24, 2.45) is 0 Å². The van der Waals surface area contributed by atoms with Crippen LogP contribution in [0.4, 0.5) is 5.82 Å². The van der Waals surface area contributed by atoms with Gasteiger partial charge in [-0.05, 0) is 36.6 Å². The van der Waals surface area contributed by atoms with Crippen molar-refractivity contribution >= 4 is 11.5 Å². The largest absolute Gasteiger partial charge is 0.366 e. The molecule has 0 saturated heterocycles. The van der Waals surface area contributed by atoms with E-state index < -0.39 is 0 Å². The maximum atomic E-state index is 5.03. The topological polar surface area (TPSA) is 55.1 Å². The van der Waals surface area contributed by atoms with Gasteiger partial charge in [-0.2, -0.15) is 9.61 Å². The third-order valence-electron chi connectivity index (χ3n) is 5.71. The van der Waals surface area contributed by atoms with Crippen LogP contribution in [0.3, 0.4) is 0 Å². The van der Waals surface area contributed by atoms with E-state index in [9.17, 15) is 0 Å². The maximum Gasteiger partial charge on any atom is 0.165 e. The first-order chi connectivity index (χ1) is 15.7. The number of rotatable bonds is 6. The molecule has 0 unspecified atom stereocenters. The van der Waals surface area contributed by atoms with Gasteiger partial charge in [0.25, 0.3) is 0 Å². The molecule has 5 heteroatoms. The number of nitrogens with zero attached hydrogens (tertiary/aromatic N) is 4. The second kappa shape index (κ2) is 8.63. The molecule has 0 fully saturated rings.